The number of aromatic amines is 1. The molecule has 4 heteroatoms. The van der Waals surface area contributed by atoms with Gasteiger partial charge in [0.15, 0.2) is 5.82 Å². The van der Waals surface area contributed by atoms with Gasteiger partial charge in [-0.2, -0.15) is 5.10 Å². The molecule has 0 amide bonds. The zero-order chi connectivity index (χ0) is 13.2. The van der Waals surface area contributed by atoms with Crippen molar-refractivity contribution in [2.45, 2.75) is 62.8 Å². The lowest BCUT2D eigenvalue weighted by Gasteiger charge is -2.55. The van der Waals surface area contributed by atoms with E-state index in [1.54, 1.807) is 0 Å². The summed E-state index contributed by atoms with van der Waals surface area (Å²) in [6.07, 6.45) is 11.0. The Morgan fingerprint density at radius 1 is 1.00 bits per heavy atom. The summed E-state index contributed by atoms with van der Waals surface area (Å²) in [6, 6.07) is 0.421. The lowest BCUT2D eigenvalue weighted by atomic mass is 9.49. The molecule has 1 saturated heterocycles. The molecule has 1 atom stereocenters. The highest BCUT2D eigenvalue weighted by molar-refractivity contribution is 5.18. The highest BCUT2D eigenvalue weighted by Gasteiger charge is 2.53. The second-order valence-corrected chi connectivity index (χ2v) is 7.89. The molecule has 5 aliphatic rings. The summed E-state index contributed by atoms with van der Waals surface area (Å²) in [7, 11) is 0. The quantitative estimate of drug-likeness (QED) is 0.870. The van der Waals surface area contributed by atoms with E-state index < -0.39 is 0 Å². The molecule has 4 saturated carbocycles. The van der Waals surface area contributed by atoms with E-state index in [0.717, 1.165) is 35.9 Å². The third-order valence-electron chi connectivity index (χ3n) is 6.41. The predicted octanol–water partition coefficient (Wildman–Crippen LogP) is 2.70. The normalized spacial score (nSPS) is 46.2. The Morgan fingerprint density at radius 2 is 1.70 bits per heavy atom. The van der Waals surface area contributed by atoms with Gasteiger partial charge in [-0.15, -0.1) is 0 Å². The summed E-state index contributed by atoms with van der Waals surface area (Å²) in [5.41, 5.74) is 0.335. The summed E-state index contributed by atoms with van der Waals surface area (Å²) in [6.45, 7) is 1.12. The lowest BCUT2D eigenvalue weighted by Crippen LogP contribution is -2.49. The smallest absolute Gasteiger partial charge is 0.156 e. The first kappa shape index (κ1) is 11.7. The standard InChI is InChI=1S/C16H24N4/c1-2-13(17-3-1)14-18-15(20-19-14)16-7-10-4-11(8-16)6-12(5-10)9-16/h10-13,17H,1-9H2,(H,18,19,20). The topological polar surface area (TPSA) is 53.6 Å². The van der Waals surface area contributed by atoms with Gasteiger partial charge in [-0.25, -0.2) is 4.98 Å². The molecular formula is C16H24N4. The fraction of sp³-hybridized carbons (Fsp3) is 0.875. The largest absolute Gasteiger partial charge is 0.307 e. The van der Waals surface area contributed by atoms with E-state index in [-0.39, 0.29) is 0 Å². The van der Waals surface area contributed by atoms with E-state index in [9.17, 15) is 0 Å². The molecule has 0 radical (unpaired) electrons. The number of H-pyrrole nitrogens is 1. The van der Waals surface area contributed by atoms with Crippen LogP contribution in [-0.2, 0) is 5.41 Å². The number of aromatic nitrogens is 3. The molecule has 1 aromatic heterocycles. The number of hydrogen-bond acceptors (Lipinski definition) is 3. The van der Waals surface area contributed by atoms with Crippen LogP contribution in [0.3, 0.4) is 0 Å². The zero-order valence-electron chi connectivity index (χ0n) is 12.1. The van der Waals surface area contributed by atoms with Crippen LogP contribution in [0.4, 0.5) is 0 Å². The second-order valence-electron chi connectivity index (χ2n) is 7.89. The Bertz CT molecular complexity index is 479. The summed E-state index contributed by atoms with van der Waals surface area (Å²) in [5, 5.41) is 11.4. The molecule has 20 heavy (non-hydrogen) atoms. The van der Waals surface area contributed by atoms with E-state index >= 15 is 0 Å². The van der Waals surface area contributed by atoms with Crippen LogP contribution in [0, 0.1) is 17.8 Å². The highest BCUT2D eigenvalue weighted by Crippen LogP contribution is 2.60. The second kappa shape index (κ2) is 4.06. The minimum absolute atomic E-state index is 0.335. The molecule has 4 bridgehead atoms. The first-order valence-corrected chi connectivity index (χ1v) is 8.47. The van der Waals surface area contributed by atoms with Crippen molar-refractivity contribution in [2.24, 2.45) is 17.8 Å². The summed E-state index contributed by atoms with van der Waals surface area (Å²) >= 11 is 0. The van der Waals surface area contributed by atoms with Crippen LogP contribution in [-0.4, -0.2) is 21.7 Å². The Balaban J connectivity index is 1.47. The van der Waals surface area contributed by atoms with Gasteiger partial charge in [-0.3, -0.25) is 5.10 Å². The van der Waals surface area contributed by atoms with E-state index in [1.165, 1.54) is 51.4 Å². The average molecular weight is 272 g/mol. The van der Waals surface area contributed by atoms with Crippen molar-refractivity contribution >= 4 is 0 Å². The minimum atomic E-state index is 0.335. The number of nitrogens with zero attached hydrogens (tertiary/aromatic N) is 2. The molecule has 1 unspecified atom stereocenters. The van der Waals surface area contributed by atoms with Gasteiger partial charge in [-0.1, -0.05) is 0 Å². The van der Waals surface area contributed by atoms with Crippen molar-refractivity contribution in [3.63, 3.8) is 0 Å². The molecule has 1 aromatic rings. The Kier molecular flexibility index (Phi) is 2.38. The van der Waals surface area contributed by atoms with Crippen molar-refractivity contribution in [3.8, 4) is 0 Å². The number of rotatable bonds is 2. The van der Waals surface area contributed by atoms with Crippen molar-refractivity contribution in [1.29, 1.82) is 0 Å². The van der Waals surface area contributed by atoms with Gasteiger partial charge < -0.3 is 5.32 Å². The molecule has 1 aliphatic heterocycles. The number of hydrogen-bond donors (Lipinski definition) is 2. The van der Waals surface area contributed by atoms with Crippen LogP contribution in [0.2, 0.25) is 0 Å². The molecule has 4 aliphatic carbocycles. The lowest BCUT2D eigenvalue weighted by molar-refractivity contribution is -0.00926. The molecule has 2 N–H and O–H groups in total. The van der Waals surface area contributed by atoms with Gasteiger partial charge >= 0.3 is 0 Å². The summed E-state index contributed by atoms with van der Waals surface area (Å²) < 4.78 is 0. The first-order valence-electron chi connectivity index (χ1n) is 8.47. The van der Waals surface area contributed by atoms with Crippen molar-refractivity contribution in [2.75, 3.05) is 6.54 Å². The van der Waals surface area contributed by atoms with Crippen LogP contribution in [0.25, 0.3) is 0 Å². The Labute approximate surface area is 120 Å². The maximum absolute atomic E-state index is 4.95. The van der Waals surface area contributed by atoms with Gasteiger partial charge in [0.25, 0.3) is 0 Å². The average Bonchev–Trinajstić information content (AvgIpc) is 3.09. The first-order chi connectivity index (χ1) is 9.81. The van der Waals surface area contributed by atoms with E-state index in [4.69, 9.17) is 4.98 Å². The minimum Gasteiger partial charge on any atom is -0.307 e. The summed E-state index contributed by atoms with van der Waals surface area (Å²) in [4.78, 5) is 4.95. The Hall–Kier alpha value is -0.900. The monoisotopic (exact) mass is 272 g/mol. The van der Waals surface area contributed by atoms with Crippen LogP contribution in [0.15, 0.2) is 0 Å². The SMILES string of the molecule is C1CNC(c2nc(C34CC5CC(CC(C5)C3)C4)n[nH]2)C1. The molecule has 5 fully saturated rings. The van der Waals surface area contributed by atoms with Gasteiger partial charge in [-0.05, 0) is 75.7 Å². The van der Waals surface area contributed by atoms with Crippen LogP contribution >= 0.6 is 0 Å². The van der Waals surface area contributed by atoms with Crippen molar-refractivity contribution in [3.05, 3.63) is 11.6 Å². The Morgan fingerprint density at radius 3 is 2.30 bits per heavy atom. The molecule has 0 aromatic carbocycles. The predicted molar refractivity (Wildman–Crippen MR) is 76.2 cm³/mol. The zero-order valence-corrected chi connectivity index (χ0v) is 12.1. The molecule has 0 spiro atoms. The van der Waals surface area contributed by atoms with Crippen LogP contribution in [0.1, 0.15) is 69.1 Å². The summed E-state index contributed by atoms with van der Waals surface area (Å²) in [5.74, 6) is 5.14. The van der Waals surface area contributed by atoms with Crippen LogP contribution < -0.4 is 5.32 Å². The molecule has 4 nitrogen and oxygen atoms in total. The fourth-order valence-electron chi connectivity index (χ4n) is 5.97. The van der Waals surface area contributed by atoms with Gasteiger partial charge in [0.1, 0.15) is 5.82 Å². The van der Waals surface area contributed by atoms with Crippen molar-refractivity contribution in [1.82, 2.24) is 20.5 Å². The van der Waals surface area contributed by atoms with Gasteiger partial charge in [0, 0.05) is 5.41 Å². The fourth-order valence-corrected chi connectivity index (χ4v) is 5.97. The van der Waals surface area contributed by atoms with Crippen LogP contribution in [0.5, 0.6) is 0 Å². The third-order valence-corrected chi connectivity index (χ3v) is 6.41. The van der Waals surface area contributed by atoms with E-state index in [2.05, 4.69) is 15.5 Å². The molecule has 6 rings (SSSR count). The maximum atomic E-state index is 4.95. The molecule has 2 heterocycles. The van der Waals surface area contributed by atoms with E-state index in [1.807, 2.05) is 0 Å². The maximum Gasteiger partial charge on any atom is 0.156 e. The number of nitrogens with one attached hydrogen (secondary N) is 2. The molecular weight excluding hydrogens is 248 g/mol. The van der Waals surface area contributed by atoms with Gasteiger partial charge in [0.05, 0.1) is 6.04 Å². The van der Waals surface area contributed by atoms with Gasteiger partial charge in [0.2, 0.25) is 0 Å². The van der Waals surface area contributed by atoms with Crippen molar-refractivity contribution < 1.29 is 0 Å². The van der Waals surface area contributed by atoms with E-state index in [0.29, 0.717) is 11.5 Å². The molecule has 108 valence electrons. The highest BCUT2D eigenvalue weighted by atomic mass is 15.2. The third kappa shape index (κ3) is 1.63.